The second-order valence-electron chi connectivity index (χ2n) is 10.9. The maximum atomic E-state index is 10.2. The number of ether oxygens (including phenoxy) is 2. The summed E-state index contributed by atoms with van der Waals surface area (Å²) in [6.45, 7) is 6.65. The standard InChI is InChI=1S/C23H37BrO3/c1-21-9-7-16(25)13-15(21)3-4-17-18-5-6-20(22(18,2)10-8-19(17)21)23(14-24)26-11-12-27-23/h15-20,25H,3-14H2,1-2H3/t15-,16-,17-,18+,19-,20-,21+,22+/m0/s1. The summed E-state index contributed by atoms with van der Waals surface area (Å²) in [6, 6.07) is 0. The number of aliphatic hydroxyl groups is 1. The third kappa shape index (κ3) is 2.68. The molecule has 1 saturated heterocycles. The van der Waals surface area contributed by atoms with E-state index in [2.05, 4.69) is 29.8 Å². The zero-order valence-corrected chi connectivity index (χ0v) is 18.7. The van der Waals surface area contributed by atoms with Crippen LogP contribution < -0.4 is 0 Å². The number of hydrogen-bond acceptors (Lipinski definition) is 3. The predicted octanol–water partition coefficient (Wildman–Crippen LogP) is 5.14. The smallest absolute Gasteiger partial charge is 0.181 e. The molecule has 0 aromatic rings. The molecule has 1 heterocycles. The molecular formula is C23H37BrO3. The Balaban J connectivity index is 1.42. The summed E-state index contributed by atoms with van der Waals surface area (Å²) in [5.41, 5.74) is 0.825. The van der Waals surface area contributed by atoms with Gasteiger partial charge in [-0.2, -0.15) is 0 Å². The Morgan fingerprint density at radius 1 is 0.889 bits per heavy atom. The Morgan fingerprint density at radius 3 is 2.33 bits per heavy atom. The number of fused-ring (bicyclic) bond motifs is 5. The van der Waals surface area contributed by atoms with Gasteiger partial charge in [0.25, 0.3) is 0 Å². The van der Waals surface area contributed by atoms with Crippen molar-refractivity contribution in [1.29, 1.82) is 0 Å². The first-order valence-corrected chi connectivity index (χ1v) is 12.6. The fourth-order valence-corrected chi connectivity index (χ4v) is 9.51. The minimum Gasteiger partial charge on any atom is -0.393 e. The predicted molar refractivity (Wildman–Crippen MR) is 110 cm³/mol. The van der Waals surface area contributed by atoms with Crippen LogP contribution in [0.2, 0.25) is 0 Å². The lowest BCUT2D eigenvalue weighted by molar-refractivity contribution is -0.214. The van der Waals surface area contributed by atoms with Crippen molar-refractivity contribution in [2.75, 3.05) is 18.5 Å². The molecular weight excluding hydrogens is 404 g/mol. The van der Waals surface area contributed by atoms with Crippen LogP contribution in [0.3, 0.4) is 0 Å². The molecule has 27 heavy (non-hydrogen) atoms. The summed E-state index contributed by atoms with van der Waals surface area (Å²) in [7, 11) is 0. The van der Waals surface area contributed by atoms with Crippen molar-refractivity contribution < 1.29 is 14.6 Å². The first kappa shape index (κ1) is 19.3. The van der Waals surface area contributed by atoms with E-state index in [9.17, 15) is 5.11 Å². The van der Waals surface area contributed by atoms with E-state index in [-0.39, 0.29) is 11.9 Å². The first-order valence-electron chi connectivity index (χ1n) is 11.4. The number of alkyl halides is 1. The molecule has 4 aliphatic carbocycles. The van der Waals surface area contributed by atoms with Gasteiger partial charge in [-0.15, -0.1) is 0 Å². The quantitative estimate of drug-likeness (QED) is 0.603. The highest BCUT2D eigenvalue weighted by Gasteiger charge is 2.64. The van der Waals surface area contributed by atoms with Crippen LogP contribution in [0.1, 0.15) is 71.6 Å². The highest BCUT2D eigenvalue weighted by atomic mass is 79.9. The van der Waals surface area contributed by atoms with Gasteiger partial charge in [0.15, 0.2) is 5.79 Å². The van der Waals surface area contributed by atoms with E-state index in [1.165, 1.54) is 44.9 Å². The number of hydrogen-bond donors (Lipinski definition) is 1. The van der Waals surface area contributed by atoms with Crippen LogP contribution in [0.5, 0.6) is 0 Å². The minimum atomic E-state index is -0.383. The topological polar surface area (TPSA) is 38.7 Å². The van der Waals surface area contributed by atoms with Gasteiger partial charge in [0, 0.05) is 5.92 Å². The van der Waals surface area contributed by atoms with E-state index >= 15 is 0 Å². The Labute approximate surface area is 173 Å². The molecule has 1 N–H and O–H groups in total. The van der Waals surface area contributed by atoms with E-state index in [1.54, 1.807) is 0 Å². The third-order valence-corrected chi connectivity index (χ3v) is 10.9. The summed E-state index contributed by atoms with van der Waals surface area (Å²) < 4.78 is 12.5. The van der Waals surface area contributed by atoms with Crippen molar-refractivity contribution in [3.63, 3.8) is 0 Å². The van der Waals surface area contributed by atoms with Gasteiger partial charge in [0.1, 0.15) is 0 Å². The van der Waals surface area contributed by atoms with Crippen LogP contribution in [-0.2, 0) is 9.47 Å². The largest absolute Gasteiger partial charge is 0.393 e. The fourth-order valence-electron chi connectivity index (χ4n) is 8.80. The van der Waals surface area contributed by atoms with Crippen molar-refractivity contribution in [1.82, 2.24) is 0 Å². The molecule has 4 heteroatoms. The zero-order chi connectivity index (χ0) is 18.9. The van der Waals surface area contributed by atoms with Crippen molar-refractivity contribution in [2.45, 2.75) is 83.5 Å². The monoisotopic (exact) mass is 440 g/mol. The molecule has 8 atom stereocenters. The average molecular weight is 441 g/mol. The average Bonchev–Trinajstić information content (AvgIpc) is 3.27. The highest BCUT2D eigenvalue weighted by Crippen LogP contribution is 2.69. The van der Waals surface area contributed by atoms with Gasteiger partial charge in [-0.05, 0) is 92.3 Å². The second-order valence-corrected chi connectivity index (χ2v) is 11.5. The number of halogens is 1. The molecule has 0 unspecified atom stereocenters. The van der Waals surface area contributed by atoms with Gasteiger partial charge in [-0.3, -0.25) is 0 Å². The molecule has 0 bridgehead atoms. The summed E-state index contributed by atoms with van der Waals surface area (Å²) in [6.07, 6.45) is 11.3. The molecule has 5 rings (SSSR count). The van der Waals surface area contributed by atoms with Crippen LogP contribution in [0, 0.1) is 40.4 Å². The Hall–Kier alpha value is 0.360. The SMILES string of the molecule is C[C@@]12CC[C@H]3[C@@H](CC[C@H]4C[C@@H](O)CC[C@]43C)[C@H]1CC[C@@H]2C1(CBr)OCCO1. The van der Waals surface area contributed by atoms with Crippen molar-refractivity contribution >= 4 is 15.9 Å². The van der Waals surface area contributed by atoms with Crippen molar-refractivity contribution in [3.8, 4) is 0 Å². The zero-order valence-electron chi connectivity index (χ0n) is 17.1. The van der Waals surface area contributed by atoms with Gasteiger partial charge < -0.3 is 14.6 Å². The Kier molecular flexibility index (Phi) is 4.79. The maximum absolute atomic E-state index is 10.2. The summed E-state index contributed by atoms with van der Waals surface area (Å²) >= 11 is 3.74. The van der Waals surface area contributed by atoms with Gasteiger partial charge in [0.05, 0.1) is 24.6 Å². The van der Waals surface area contributed by atoms with Gasteiger partial charge in [-0.1, -0.05) is 29.8 Å². The van der Waals surface area contributed by atoms with E-state index in [0.29, 0.717) is 16.7 Å². The maximum Gasteiger partial charge on any atom is 0.181 e. The Morgan fingerprint density at radius 2 is 1.59 bits per heavy atom. The van der Waals surface area contributed by atoms with E-state index in [4.69, 9.17) is 9.47 Å². The summed E-state index contributed by atoms with van der Waals surface area (Å²) in [4.78, 5) is 0. The summed E-state index contributed by atoms with van der Waals surface area (Å²) in [5.74, 6) is 3.46. The lowest BCUT2D eigenvalue weighted by Crippen LogP contribution is -2.56. The Bertz CT molecular complexity index is 576. The van der Waals surface area contributed by atoms with Gasteiger partial charge in [0.2, 0.25) is 0 Å². The molecule has 5 aliphatic rings. The molecule has 0 amide bonds. The molecule has 0 aromatic carbocycles. The van der Waals surface area contributed by atoms with Crippen LogP contribution in [0.4, 0.5) is 0 Å². The van der Waals surface area contributed by atoms with Crippen LogP contribution in [0.15, 0.2) is 0 Å². The molecule has 3 nitrogen and oxygen atoms in total. The molecule has 4 saturated carbocycles. The molecule has 0 radical (unpaired) electrons. The normalized spacial score (nSPS) is 54.2. The lowest BCUT2D eigenvalue weighted by Gasteiger charge is -2.61. The molecule has 0 spiro atoms. The highest BCUT2D eigenvalue weighted by molar-refractivity contribution is 9.09. The van der Waals surface area contributed by atoms with Gasteiger partial charge in [-0.25, -0.2) is 0 Å². The van der Waals surface area contributed by atoms with E-state index < -0.39 is 0 Å². The summed E-state index contributed by atoms with van der Waals surface area (Å²) in [5, 5.41) is 11.0. The minimum absolute atomic E-state index is 0.0419. The van der Waals surface area contributed by atoms with E-state index in [0.717, 1.165) is 55.1 Å². The van der Waals surface area contributed by atoms with Crippen molar-refractivity contribution in [2.24, 2.45) is 40.4 Å². The molecule has 1 aliphatic heterocycles. The fraction of sp³-hybridized carbons (Fsp3) is 1.00. The number of aliphatic hydroxyl groups excluding tert-OH is 1. The van der Waals surface area contributed by atoms with Crippen LogP contribution in [0.25, 0.3) is 0 Å². The van der Waals surface area contributed by atoms with Crippen LogP contribution >= 0.6 is 15.9 Å². The molecule has 154 valence electrons. The van der Waals surface area contributed by atoms with Crippen molar-refractivity contribution in [3.05, 3.63) is 0 Å². The third-order valence-electron chi connectivity index (χ3n) is 10.1. The van der Waals surface area contributed by atoms with Gasteiger partial charge >= 0.3 is 0 Å². The molecule has 5 fully saturated rings. The number of rotatable bonds is 2. The lowest BCUT2D eigenvalue weighted by atomic mass is 9.44. The van der Waals surface area contributed by atoms with E-state index in [1.807, 2.05) is 0 Å². The first-order chi connectivity index (χ1) is 12.9. The molecule has 0 aromatic heterocycles. The second kappa shape index (κ2) is 6.68. The van der Waals surface area contributed by atoms with Crippen LogP contribution in [-0.4, -0.2) is 35.5 Å².